The van der Waals surface area contributed by atoms with Crippen LogP contribution in [0.4, 0.5) is 17.1 Å². The predicted molar refractivity (Wildman–Crippen MR) is 313 cm³/mol. The molecule has 0 saturated heterocycles. The fourth-order valence-corrected chi connectivity index (χ4v) is 16.3. The van der Waals surface area contributed by atoms with Gasteiger partial charge in [0.1, 0.15) is 0 Å². The molecule has 1 aromatic heterocycles. The maximum absolute atomic E-state index is 2.65. The van der Waals surface area contributed by atoms with Gasteiger partial charge < -0.3 is 4.90 Å². The van der Waals surface area contributed by atoms with Crippen LogP contribution in [-0.4, -0.2) is 0 Å². The minimum absolute atomic E-state index is 0.0647. The smallest absolute Gasteiger partial charge is 0.0726 e. The highest BCUT2D eigenvalue weighted by Crippen LogP contribution is 2.65. The van der Waals surface area contributed by atoms with Gasteiger partial charge >= 0.3 is 0 Å². The molecule has 1 fully saturated rings. The molecule has 13 aromatic rings. The van der Waals surface area contributed by atoms with E-state index in [9.17, 15) is 0 Å². The molecule has 0 radical (unpaired) electrons. The summed E-state index contributed by atoms with van der Waals surface area (Å²) in [6, 6.07) is 91.1. The summed E-state index contributed by atoms with van der Waals surface area (Å²) >= 11 is 1.92. The van der Waals surface area contributed by atoms with Gasteiger partial charge in [0.25, 0.3) is 0 Å². The van der Waals surface area contributed by atoms with E-state index in [1.54, 1.807) is 0 Å². The highest BCUT2D eigenvalue weighted by molar-refractivity contribution is 7.26. The van der Waals surface area contributed by atoms with Crippen LogP contribution in [0.15, 0.2) is 237 Å². The zero-order chi connectivity index (χ0) is 48.3. The third kappa shape index (κ3) is 5.23. The number of nitrogens with zero attached hydrogens (tertiary/aromatic N) is 1. The van der Waals surface area contributed by atoms with Crippen molar-refractivity contribution in [2.24, 2.45) is 0 Å². The van der Waals surface area contributed by atoms with Crippen LogP contribution >= 0.6 is 11.3 Å². The van der Waals surface area contributed by atoms with Crippen molar-refractivity contribution in [1.82, 2.24) is 0 Å². The van der Waals surface area contributed by atoms with Gasteiger partial charge in [-0.2, -0.15) is 0 Å². The summed E-state index contributed by atoms with van der Waals surface area (Å²) in [7, 11) is 0. The van der Waals surface area contributed by atoms with Crippen molar-refractivity contribution in [2.45, 2.75) is 36.5 Å². The van der Waals surface area contributed by atoms with Gasteiger partial charge in [-0.05, 0) is 154 Å². The lowest BCUT2D eigenvalue weighted by Gasteiger charge is -2.34. The number of rotatable bonds is 4. The summed E-state index contributed by atoms with van der Waals surface area (Å²) in [4.78, 5) is 2.65. The first-order valence-electron chi connectivity index (χ1n) is 26.5. The quantitative estimate of drug-likeness (QED) is 0.159. The minimum Gasteiger partial charge on any atom is -0.310 e. The zero-order valence-electron chi connectivity index (χ0n) is 40.7. The number of hydrogen-bond donors (Lipinski definition) is 0. The molecular formula is C72H47NS. The van der Waals surface area contributed by atoms with E-state index < -0.39 is 5.41 Å². The second kappa shape index (κ2) is 15.0. The molecule has 12 aromatic carbocycles. The van der Waals surface area contributed by atoms with Crippen LogP contribution in [0, 0.1) is 0 Å². The molecule has 2 heteroatoms. The molecule has 4 aliphatic carbocycles. The molecule has 1 nitrogen and oxygen atoms in total. The van der Waals surface area contributed by atoms with E-state index in [1.807, 2.05) is 11.3 Å². The number of thiophene rings is 1. The maximum atomic E-state index is 2.65. The third-order valence-corrected chi connectivity index (χ3v) is 19.2. The van der Waals surface area contributed by atoms with Gasteiger partial charge in [0.05, 0.1) is 11.1 Å². The highest BCUT2D eigenvalue weighted by atomic mass is 32.1. The Morgan fingerprint density at radius 1 is 0.297 bits per heavy atom. The second-order valence-electron chi connectivity index (χ2n) is 21.3. The van der Waals surface area contributed by atoms with Gasteiger partial charge in [-0.3, -0.25) is 0 Å². The Labute approximate surface area is 434 Å². The van der Waals surface area contributed by atoms with Crippen LogP contribution < -0.4 is 4.90 Å². The molecule has 1 heterocycles. The minimum atomic E-state index is -0.522. The molecule has 0 N–H and O–H groups in total. The van der Waals surface area contributed by atoms with E-state index in [4.69, 9.17) is 0 Å². The monoisotopic (exact) mass is 957 g/mol. The first kappa shape index (κ1) is 41.0. The molecule has 0 aliphatic heterocycles. The summed E-state index contributed by atoms with van der Waals surface area (Å²) in [5.41, 5.74) is 21.9. The Morgan fingerprint density at radius 2 is 0.757 bits per heavy atom. The molecule has 0 amide bonds. The van der Waals surface area contributed by atoms with Crippen LogP contribution in [0.3, 0.4) is 0 Å². The molecule has 0 bridgehead atoms. The first-order chi connectivity index (χ1) is 36.7. The number of fused-ring (bicyclic) bond motifs is 24. The van der Waals surface area contributed by atoms with Crippen molar-refractivity contribution in [3.63, 3.8) is 0 Å². The van der Waals surface area contributed by atoms with Gasteiger partial charge in [0, 0.05) is 48.1 Å². The summed E-state index contributed by atoms with van der Waals surface area (Å²) < 4.78 is 2.62. The fraction of sp³-hybridized carbons (Fsp3) is 0.0833. The van der Waals surface area contributed by atoms with Gasteiger partial charge in [-0.1, -0.05) is 207 Å². The normalized spacial score (nSPS) is 15.0. The van der Waals surface area contributed by atoms with Crippen LogP contribution in [-0.2, 0) is 10.8 Å². The highest BCUT2D eigenvalue weighted by Gasteiger charge is 2.52. The lowest BCUT2D eigenvalue weighted by atomic mass is 9.70. The van der Waals surface area contributed by atoms with E-state index in [0.717, 1.165) is 5.69 Å². The molecular weight excluding hydrogens is 911 g/mol. The Kier molecular flexibility index (Phi) is 8.31. The molecule has 0 atom stereocenters. The molecule has 4 aliphatic rings. The summed E-state index contributed by atoms with van der Waals surface area (Å²) in [5.74, 6) is 0. The number of anilines is 3. The van der Waals surface area contributed by atoms with Crippen LogP contribution in [0.5, 0.6) is 0 Å². The average molecular weight is 958 g/mol. The van der Waals surface area contributed by atoms with Crippen molar-refractivity contribution in [1.29, 1.82) is 0 Å². The van der Waals surface area contributed by atoms with Crippen molar-refractivity contribution in [3.8, 4) is 44.5 Å². The zero-order valence-corrected chi connectivity index (χ0v) is 41.5. The standard InChI is InChI=1S/C72H47NS/c1-2-20-48-46(18-1)47-19-3-4-21-49(47)58-40-44(34-36-50(48)58)73(45-35-37-63-59(41-45)53-24-5-10-29-62(53)71(63)38-15-16-39-71)68-43-67-60(42-61(68)57-28-17-27-56-55-26-9-14-33-69(55)74-70(56)57)54-25-8-13-32-66(54)72(67)64-30-11-6-22-51(64)52-23-7-12-31-65(52)72/h1-14,17-37,40-43H,15-16,38-39H2. The van der Waals surface area contributed by atoms with E-state index in [-0.39, 0.29) is 5.41 Å². The lowest BCUT2D eigenvalue weighted by molar-refractivity contribution is 0.550. The molecule has 17 rings (SSSR count). The molecule has 0 unspecified atom stereocenters. The van der Waals surface area contributed by atoms with Crippen molar-refractivity contribution >= 4 is 80.9 Å². The Hall–Kier alpha value is -8.56. The van der Waals surface area contributed by atoms with Crippen molar-refractivity contribution in [2.75, 3.05) is 4.90 Å². The number of hydrogen-bond acceptors (Lipinski definition) is 2. The third-order valence-electron chi connectivity index (χ3n) is 18.0. The van der Waals surface area contributed by atoms with Gasteiger partial charge in [-0.15, -0.1) is 11.3 Å². The van der Waals surface area contributed by atoms with Gasteiger partial charge in [0.15, 0.2) is 0 Å². The Bertz CT molecular complexity index is 4500. The average Bonchev–Trinajstić information content (AvgIpc) is 4.29. The second-order valence-corrected chi connectivity index (χ2v) is 22.4. The fourth-order valence-electron chi connectivity index (χ4n) is 15.1. The number of benzene rings is 12. The maximum Gasteiger partial charge on any atom is 0.0726 e. The van der Waals surface area contributed by atoms with Crippen molar-refractivity contribution in [3.05, 3.63) is 270 Å². The summed E-state index contributed by atoms with van der Waals surface area (Å²) in [5, 5.41) is 10.3. The molecule has 2 spiro atoms. The van der Waals surface area contributed by atoms with Gasteiger partial charge in [0.2, 0.25) is 0 Å². The van der Waals surface area contributed by atoms with Crippen molar-refractivity contribution < 1.29 is 0 Å². The predicted octanol–water partition coefficient (Wildman–Crippen LogP) is 19.8. The molecule has 346 valence electrons. The SMILES string of the molecule is c1ccc2c(c1)-c1cc(N(c3ccc4c5ccccc5c5ccccc5c4c3)c3cc4c(cc3-c3cccc5c3sc3ccccc35)-c3ccccc3C43c4ccccc4-c4ccccc43)ccc1C21CCCC1. The molecule has 1 saturated carbocycles. The summed E-state index contributed by atoms with van der Waals surface area (Å²) in [6.45, 7) is 0. The Morgan fingerprint density at radius 3 is 1.42 bits per heavy atom. The van der Waals surface area contributed by atoms with Gasteiger partial charge in [-0.25, -0.2) is 0 Å². The van der Waals surface area contributed by atoms with Crippen LogP contribution in [0.25, 0.3) is 97.0 Å². The van der Waals surface area contributed by atoms with E-state index >= 15 is 0 Å². The lowest BCUT2D eigenvalue weighted by Crippen LogP contribution is -2.26. The molecule has 74 heavy (non-hydrogen) atoms. The largest absolute Gasteiger partial charge is 0.310 e. The van der Waals surface area contributed by atoms with Crippen LogP contribution in [0.2, 0.25) is 0 Å². The van der Waals surface area contributed by atoms with E-state index in [2.05, 4.69) is 241 Å². The van der Waals surface area contributed by atoms with E-state index in [0.29, 0.717) is 0 Å². The Balaban J connectivity index is 1.03. The van der Waals surface area contributed by atoms with Crippen LogP contribution in [0.1, 0.15) is 59.1 Å². The topological polar surface area (TPSA) is 3.24 Å². The first-order valence-corrected chi connectivity index (χ1v) is 27.3. The van der Waals surface area contributed by atoms with E-state index in [1.165, 1.54) is 167 Å². The summed E-state index contributed by atoms with van der Waals surface area (Å²) in [6.07, 6.45) is 4.93.